The Hall–Kier alpha value is -1.57. The van der Waals surface area contributed by atoms with Gasteiger partial charge in [-0.05, 0) is 53.4 Å². The van der Waals surface area contributed by atoms with Crippen LogP contribution in [-0.4, -0.2) is 56.1 Å². The number of rotatable bonds is 4. The van der Waals surface area contributed by atoms with Crippen LogP contribution in [0.2, 0.25) is 0 Å². The zero-order valence-corrected chi connectivity index (χ0v) is 18.8. The number of hydrogen-bond acceptors (Lipinski definition) is 6. The summed E-state index contributed by atoms with van der Waals surface area (Å²) in [4.78, 5) is 22.7. The Labute approximate surface area is 175 Å². The number of aromatic nitrogens is 2. The van der Waals surface area contributed by atoms with Crippen LogP contribution in [0.4, 0.5) is 10.7 Å². The number of alkyl halides is 1. The van der Waals surface area contributed by atoms with Crippen LogP contribution in [-0.2, 0) is 4.74 Å². The summed E-state index contributed by atoms with van der Waals surface area (Å²) in [6.07, 6.45) is 6.53. The Morgan fingerprint density at radius 2 is 2.04 bits per heavy atom. The summed E-state index contributed by atoms with van der Waals surface area (Å²) in [6, 6.07) is 2.15. The van der Waals surface area contributed by atoms with Crippen molar-refractivity contribution in [2.45, 2.75) is 81.9 Å². The highest BCUT2D eigenvalue weighted by Crippen LogP contribution is 2.36. The van der Waals surface area contributed by atoms with Gasteiger partial charge in [0.15, 0.2) is 0 Å². The molecule has 2 heterocycles. The minimum atomic E-state index is -0.491. The Morgan fingerprint density at radius 1 is 1.32 bits per heavy atom. The molecule has 0 aromatic carbocycles. The molecule has 156 valence electrons. The molecule has 8 heteroatoms. The molecule has 3 rings (SSSR count). The molecular weight excluding hydrogens is 424 g/mol. The van der Waals surface area contributed by atoms with Gasteiger partial charge in [-0.15, -0.1) is 0 Å². The van der Waals surface area contributed by atoms with Crippen molar-refractivity contribution in [3.63, 3.8) is 0 Å². The highest BCUT2D eigenvalue weighted by molar-refractivity contribution is 9.10. The number of carbonyl (C=O) groups is 1. The van der Waals surface area contributed by atoms with Gasteiger partial charge in [0.25, 0.3) is 0 Å². The van der Waals surface area contributed by atoms with Crippen molar-refractivity contribution in [1.29, 1.82) is 0 Å². The van der Waals surface area contributed by atoms with Gasteiger partial charge in [0.2, 0.25) is 11.8 Å². The third kappa shape index (κ3) is 6.22. The number of anilines is 1. The van der Waals surface area contributed by atoms with Crippen molar-refractivity contribution >= 4 is 28.0 Å². The van der Waals surface area contributed by atoms with Crippen LogP contribution in [0.15, 0.2) is 12.3 Å². The first-order valence-corrected chi connectivity index (χ1v) is 10.8. The molecule has 0 bridgehead atoms. The number of nitrogens with one attached hydrogen (secondary N) is 1. The number of ether oxygens (including phenoxy) is 2. The summed E-state index contributed by atoms with van der Waals surface area (Å²) in [5.74, 6) is 1.14. The van der Waals surface area contributed by atoms with Gasteiger partial charge in [-0.25, -0.2) is 9.78 Å². The molecule has 1 atom stereocenters. The number of hydrogen-bond donors (Lipinski definition) is 1. The van der Waals surface area contributed by atoms with Gasteiger partial charge in [0.05, 0.1) is 6.54 Å². The van der Waals surface area contributed by atoms with Crippen LogP contribution in [0.25, 0.3) is 0 Å². The van der Waals surface area contributed by atoms with Crippen LogP contribution in [0.3, 0.4) is 0 Å². The van der Waals surface area contributed by atoms with Crippen LogP contribution in [0.1, 0.15) is 59.8 Å². The monoisotopic (exact) mass is 454 g/mol. The second kappa shape index (κ2) is 8.43. The van der Waals surface area contributed by atoms with E-state index in [2.05, 4.69) is 38.1 Å². The normalized spacial score (nSPS) is 28.1. The summed E-state index contributed by atoms with van der Waals surface area (Å²) in [6.45, 7) is 8.99. The molecule has 1 saturated carbocycles. The van der Waals surface area contributed by atoms with Crippen molar-refractivity contribution in [3.8, 4) is 5.88 Å². The maximum absolute atomic E-state index is 12.2. The minimum Gasteiger partial charge on any atom is -0.472 e. The fourth-order valence-electron chi connectivity index (χ4n) is 3.51. The van der Waals surface area contributed by atoms with E-state index in [1.165, 1.54) is 0 Å². The molecule has 28 heavy (non-hydrogen) atoms. The van der Waals surface area contributed by atoms with Crippen molar-refractivity contribution < 1.29 is 14.3 Å². The Balaban J connectivity index is 1.50. The quantitative estimate of drug-likeness (QED) is 0.680. The van der Waals surface area contributed by atoms with E-state index in [0.29, 0.717) is 31.0 Å². The van der Waals surface area contributed by atoms with Gasteiger partial charge in [0, 0.05) is 35.6 Å². The minimum absolute atomic E-state index is 0.0842. The molecule has 1 aliphatic heterocycles. The highest BCUT2D eigenvalue weighted by atomic mass is 79.9. The average molecular weight is 455 g/mol. The van der Waals surface area contributed by atoms with Crippen molar-refractivity contribution in [3.05, 3.63) is 12.3 Å². The number of likely N-dealkylation sites (tertiary alicyclic amines) is 1. The second-order valence-electron chi connectivity index (χ2n) is 9.01. The fourth-order valence-corrected chi connectivity index (χ4v) is 3.97. The van der Waals surface area contributed by atoms with E-state index in [1.807, 2.05) is 20.8 Å². The highest BCUT2D eigenvalue weighted by Gasteiger charge is 2.31. The van der Waals surface area contributed by atoms with Crippen LogP contribution in [0.5, 0.6) is 5.88 Å². The van der Waals surface area contributed by atoms with Crippen molar-refractivity contribution in [2.24, 2.45) is 0 Å². The molecule has 1 amide bonds. The first kappa shape index (κ1) is 21.1. The maximum atomic E-state index is 12.2. The van der Waals surface area contributed by atoms with E-state index in [0.717, 1.165) is 32.1 Å². The van der Waals surface area contributed by atoms with Gasteiger partial charge in [0.1, 0.15) is 11.7 Å². The first-order chi connectivity index (χ1) is 13.1. The average Bonchev–Trinajstić information content (AvgIpc) is 3.04. The van der Waals surface area contributed by atoms with Gasteiger partial charge in [-0.2, -0.15) is 4.98 Å². The van der Waals surface area contributed by atoms with Gasteiger partial charge in [-0.1, -0.05) is 15.9 Å². The van der Waals surface area contributed by atoms with Crippen LogP contribution >= 0.6 is 15.9 Å². The SMILES string of the molecule is CC1(Br)CCC(Nc2nccc(OC3CCN(C(=O)OC(C)(C)C)C3)n2)CC1. The zero-order chi connectivity index (χ0) is 20.4. The predicted octanol–water partition coefficient (Wildman–Crippen LogP) is 4.37. The third-order valence-electron chi connectivity index (χ3n) is 5.08. The van der Waals surface area contributed by atoms with Crippen molar-refractivity contribution in [1.82, 2.24) is 14.9 Å². The summed E-state index contributed by atoms with van der Waals surface area (Å²) < 4.78 is 11.7. The summed E-state index contributed by atoms with van der Waals surface area (Å²) in [5.41, 5.74) is -0.491. The molecule has 0 spiro atoms. The van der Waals surface area contributed by atoms with Crippen molar-refractivity contribution in [2.75, 3.05) is 18.4 Å². The largest absolute Gasteiger partial charge is 0.472 e. The van der Waals surface area contributed by atoms with Gasteiger partial charge in [-0.3, -0.25) is 0 Å². The molecule has 1 aliphatic carbocycles. The predicted molar refractivity (Wildman–Crippen MR) is 112 cm³/mol. The molecule has 1 aromatic rings. The van der Waals surface area contributed by atoms with Gasteiger partial charge < -0.3 is 19.7 Å². The lowest BCUT2D eigenvalue weighted by Gasteiger charge is -2.33. The number of carbonyl (C=O) groups excluding carboxylic acids is 1. The number of amides is 1. The maximum Gasteiger partial charge on any atom is 0.410 e. The molecule has 2 fully saturated rings. The lowest BCUT2D eigenvalue weighted by molar-refractivity contribution is 0.0275. The molecule has 1 N–H and O–H groups in total. The van der Waals surface area contributed by atoms with Gasteiger partial charge >= 0.3 is 6.09 Å². The molecule has 1 unspecified atom stereocenters. The second-order valence-corrected chi connectivity index (χ2v) is 10.9. The number of nitrogens with zero attached hydrogens (tertiary/aromatic N) is 3. The summed E-state index contributed by atoms with van der Waals surface area (Å²) in [7, 11) is 0. The Bertz CT molecular complexity index is 682. The first-order valence-electron chi connectivity index (χ1n) is 10.0. The lowest BCUT2D eigenvalue weighted by Crippen LogP contribution is -2.36. The fraction of sp³-hybridized carbons (Fsp3) is 0.750. The standard InChI is InChI=1S/C20H31BrN4O3/c1-19(2,3)28-18(26)25-12-8-15(13-25)27-16-7-11-22-17(24-16)23-14-5-9-20(4,21)10-6-14/h7,11,14-15H,5-6,8-10,12-13H2,1-4H3,(H,22,23,24). The smallest absolute Gasteiger partial charge is 0.410 e. The van der Waals surface area contributed by atoms with E-state index >= 15 is 0 Å². The van der Waals surface area contributed by atoms with E-state index in [1.54, 1.807) is 17.2 Å². The van der Waals surface area contributed by atoms with E-state index in [-0.39, 0.29) is 16.5 Å². The van der Waals surface area contributed by atoms with E-state index < -0.39 is 5.60 Å². The summed E-state index contributed by atoms with van der Waals surface area (Å²) >= 11 is 3.78. The molecule has 2 aliphatic rings. The molecule has 1 saturated heterocycles. The molecular formula is C20H31BrN4O3. The van der Waals surface area contributed by atoms with Crippen LogP contribution in [0, 0.1) is 0 Å². The topological polar surface area (TPSA) is 76.6 Å². The Kier molecular flexibility index (Phi) is 6.37. The van der Waals surface area contributed by atoms with Crippen LogP contribution < -0.4 is 10.1 Å². The lowest BCUT2D eigenvalue weighted by atomic mass is 9.87. The van der Waals surface area contributed by atoms with E-state index in [4.69, 9.17) is 9.47 Å². The Morgan fingerprint density at radius 3 is 2.71 bits per heavy atom. The molecule has 0 radical (unpaired) electrons. The van der Waals surface area contributed by atoms with E-state index in [9.17, 15) is 4.79 Å². The molecule has 1 aromatic heterocycles. The summed E-state index contributed by atoms with van der Waals surface area (Å²) in [5, 5.41) is 3.43. The molecule has 7 nitrogen and oxygen atoms in total. The zero-order valence-electron chi connectivity index (χ0n) is 17.2. The number of halogens is 1. The third-order valence-corrected chi connectivity index (χ3v) is 5.87.